The molecule has 140 valence electrons. The first-order chi connectivity index (χ1) is 12.7. The summed E-state index contributed by atoms with van der Waals surface area (Å²) in [4.78, 5) is 12.5. The van der Waals surface area contributed by atoms with Gasteiger partial charge in [-0.1, -0.05) is 23.7 Å². The van der Waals surface area contributed by atoms with Gasteiger partial charge in [0.15, 0.2) is 5.82 Å². The van der Waals surface area contributed by atoms with E-state index >= 15 is 0 Å². The Morgan fingerprint density at radius 2 is 1.96 bits per heavy atom. The van der Waals surface area contributed by atoms with Crippen LogP contribution in [-0.2, 0) is 17.1 Å². The summed E-state index contributed by atoms with van der Waals surface area (Å²) in [5, 5.41) is 10.8. The van der Waals surface area contributed by atoms with Crippen LogP contribution in [0.2, 0.25) is 5.02 Å². The fourth-order valence-electron chi connectivity index (χ4n) is 2.43. The maximum atomic E-state index is 12.5. The quantitative estimate of drug-likeness (QED) is 0.678. The van der Waals surface area contributed by atoms with Gasteiger partial charge in [-0.25, -0.2) is 8.42 Å². The van der Waals surface area contributed by atoms with Crippen LogP contribution in [0.3, 0.4) is 0 Å². The molecule has 0 radical (unpaired) electrons. The zero-order valence-corrected chi connectivity index (χ0v) is 16.0. The molecule has 0 unspecified atom stereocenters. The lowest BCUT2D eigenvalue weighted by Gasteiger charge is -2.10. The number of anilines is 2. The van der Waals surface area contributed by atoms with Crippen molar-refractivity contribution in [2.24, 2.45) is 7.05 Å². The van der Waals surface area contributed by atoms with Crippen LogP contribution in [0.5, 0.6) is 0 Å². The average molecular weight is 406 g/mol. The Labute approximate surface area is 161 Å². The Morgan fingerprint density at radius 1 is 1.19 bits per heavy atom. The highest BCUT2D eigenvalue weighted by atomic mass is 35.5. The van der Waals surface area contributed by atoms with Crippen LogP contribution in [0.1, 0.15) is 10.4 Å². The van der Waals surface area contributed by atoms with E-state index in [-0.39, 0.29) is 16.3 Å². The molecule has 0 atom stereocenters. The summed E-state index contributed by atoms with van der Waals surface area (Å²) in [6.45, 7) is 0. The molecule has 0 saturated carbocycles. The standard InChI is InChI=1S/C17H16ClN5O3S/c1-23-10-19-21-16(23)11-4-3-5-13(8-11)20-17(24)12-6-7-14(18)15(9-12)22-27(2,25)26/h3-10,22H,1-2H3,(H,20,24). The molecule has 0 aliphatic rings. The number of rotatable bonds is 5. The van der Waals surface area contributed by atoms with Crippen molar-refractivity contribution in [3.63, 3.8) is 0 Å². The Morgan fingerprint density at radius 3 is 2.63 bits per heavy atom. The van der Waals surface area contributed by atoms with E-state index in [1.807, 2.05) is 13.1 Å². The van der Waals surface area contributed by atoms with Crippen molar-refractivity contribution in [2.45, 2.75) is 0 Å². The van der Waals surface area contributed by atoms with Crippen LogP contribution >= 0.6 is 11.6 Å². The maximum absolute atomic E-state index is 12.5. The van der Waals surface area contributed by atoms with Gasteiger partial charge in [-0.05, 0) is 30.3 Å². The molecule has 3 aromatic rings. The van der Waals surface area contributed by atoms with Crippen molar-refractivity contribution in [1.82, 2.24) is 14.8 Å². The van der Waals surface area contributed by atoms with Crippen molar-refractivity contribution >= 4 is 38.9 Å². The van der Waals surface area contributed by atoms with E-state index in [0.717, 1.165) is 11.8 Å². The largest absolute Gasteiger partial charge is 0.322 e. The van der Waals surface area contributed by atoms with Gasteiger partial charge in [-0.2, -0.15) is 0 Å². The Kier molecular flexibility index (Phi) is 5.15. The number of carbonyl (C=O) groups is 1. The van der Waals surface area contributed by atoms with Crippen molar-refractivity contribution < 1.29 is 13.2 Å². The molecule has 0 fully saturated rings. The van der Waals surface area contributed by atoms with Gasteiger partial charge >= 0.3 is 0 Å². The lowest BCUT2D eigenvalue weighted by molar-refractivity contribution is 0.102. The zero-order valence-electron chi connectivity index (χ0n) is 14.5. The molecule has 0 aliphatic heterocycles. The van der Waals surface area contributed by atoms with Crippen molar-refractivity contribution in [2.75, 3.05) is 16.3 Å². The Hall–Kier alpha value is -2.91. The number of nitrogens with one attached hydrogen (secondary N) is 2. The van der Waals surface area contributed by atoms with Crippen LogP contribution in [0.25, 0.3) is 11.4 Å². The Bertz CT molecular complexity index is 1110. The topological polar surface area (TPSA) is 106 Å². The number of hydrogen-bond acceptors (Lipinski definition) is 5. The van der Waals surface area contributed by atoms with Gasteiger partial charge in [0.05, 0.1) is 17.0 Å². The third kappa shape index (κ3) is 4.63. The van der Waals surface area contributed by atoms with E-state index in [0.29, 0.717) is 11.5 Å². The van der Waals surface area contributed by atoms with Crippen LogP contribution < -0.4 is 10.0 Å². The summed E-state index contributed by atoms with van der Waals surface area (Å²) in [6, 6.07) is 11.5. The van der Waals surface area contributed by atoms with Crippen LogP contribution in [0.4, 0.5) is 11.4 Å². The highest BCUT2D eigenvalue weighted by molar-refractivity contribution is 7.92. The molecule has 27 heavy (non-hydrogen) atoms. The summed E-state index contributed by atoms with van der Waals surface area (Å²) >= 11 is 5.99. The first-order valence-electron chi connectivity index (χ1n) is 7.76. The van der Waals surface area contributed by atoms with Gasteiger partial charge in [0.25, 0.3) is 5.91 Å². The van der Waals surface area contributed by atoms with E-state index in [4.69, 9.17) is 11.6 Å². The second-order valence-electron chi connectivity index (χ2n) is 5.87. The molecule has 1 amide bonds. The van der Waals surface area contributed by atoms with E-state index < -0.39 is 15.9 Å². The van der Waals surface area contributed by atoms with Gasteiger partial charge < -0.3 is 9.88 Å². The van der Waals surface area contributed by atoms with E-state index in [1.165, 1.54) is 18.2 Å². The van der Waals surface area contributed by atoms with E-state index in [1.54, 1.807) is 29.1 Å². The summed E-state index contributed by atoms with van der Waals surface area (Å²) < 4.78 is 26.9. The monoisotopic (exact) mass is 405 g/mol. The number of benzene rings is 2. The molecule has 0 spiro atoms. The lowest BCUT2D eigenvalue weighted by Crippen LogP contribution is -2.14. The highest BCUT2D eigenvalue weighted by Gasteiger charge is 2.13. The molecule has 0 aliphatic carbocycles. The minimum Gasteiger partial charge on any atom is -0.322 e. The maximum Gasteiger partial charge on any atom is 0.255 e. The number of nitrogens with zero attached hydrogens (tertiary/aromatic N) is 3. The number of aryl methyl sites for hydroxylation is 1. The molecule has 2 aromatic carbocycles. The molecule has 10 heteroatoms. The van der Waals surface area contributed by atoms with Gasteiger partial charge in [0, 0.05) is 23.9 Å². The first kappa shape index (κ1) is 18.9. The SMILES string of the molecule is Cn1cnnc1-c1cccc(NC(=O)c2ccc(Cl)c(NS(C)(=O)=O)c2)c1. The highest BCUT2D eigenvalue weighted by Crippen LogP contribution is 2.25. The zero-order chi connectivity index (χ0) is 19.6. The third-order valence-electron chi connectivity index (χ3n) is 3.61. The molecule has 0 bridgehead atoms. The number of halogens is 1. The van der Waals surface area contributed by atoms with Crippen molar-refractivity contribution in [3.8, 4) is 11.4 Å². The number of amides is 1. The number of hydrogen-bond donors (Lipinski definition) is 2. The lowest BCUT2D eigenvalue weighted by atomic mass is 10.1. The van der Waals surface area contributed by atoms with Crippen LogP contribution in [0.15, 0.2) is 48.8 Å². The van der Waals surface area contributed by atoms with Gasteiger partial charge in [0.1, 0.15) is 6.33 Å². The molecule has 1 heterocycles. The fraction of sp³-hybridized carbons (Fsp3) is 0.118. The van der Waals surface area contributed by atoms with Gasteiger partial charge in [-0.3, -0.25) is 9.52 Å². The Balaban J connectivity index is 1.84. The first-order valence-corrected chi connectivity index (χ1v) is 10.0. The summed E-state index contributed by atoms with van der Waals surface area (Å²) in [7, 11) is -1.69. The van der Waals surface area contributed by atoms with Crippen LogP contribution in [0, 0.1) is 0 Å². The number of aromatic nitrogens is 3. The van der Waals surface area contributed by atoms with Crippen molar-refractivity contribution in [3.05, 3.63) is 59.4 Å². The second-order valence-corrected chi connectivity index (χ2v) is 8.02. The van der Waals surface area contributed by atoms with Crippen molar-refractivity contribution in [1.29, 1.82) is 0 Å². The predicted octanol–water partition coefficient (Wildman–Crippen LogP) is 2.76. The molecule has 3 rings (SSSR count). The second kappa shape index (κ2) is 7.37. The smallest absolute Gasteiger partial charge is 0.255 e. The van der Waals surface area contributed by atoms with Gasteiger partial charge in [0.2, 0.25) is 10.0 Å². The fourth-order valence-corrected chi connectivity index (χ4v) is 3.22. The molecule has 1 aromatic heterocycles. The molecule has 0 saturated heterocycles. The minimum atomic E-state index is -3.52. The van der Waals surface area contributed by atoms with E-state index in [2.05, 4.69) is 20.2 Å². The number of carbonyl (C=O) groups excluding carboxylic acids is 1. The normalized spacial score (nSPS) is 11.2. The average Bonchev–Trinajstić information content (AvgIpc) is 3.02. The van der Waals surface area contributed by atoms with Crippen LogP contribution in [-0.4, -0.2) is 35.3 Å². The molecular formula is C17H16ClN5O3S. The molecule has 2 N–H and O–H groups in total. The third-order valence-corrected chi connectivity index (χ3v) is 4.53. The summed E-state index contributed by atoms with van der Waals surface area (Å²) in [5.74, 6) is 0.260. The summed E-state index contributed by atoms with van der Waals surface area (Å²) in [5.41, 5.74) is 1.76. The predicted molar refractivity (Wildman–Crippen MR) is 104 cm³/mol. The van der Waals surface area contributed by atoms with Gasteiger partial charge in [-0.15, -0.1) is 10.2 Å². The summed E-state index contributed by atoms with van der Waals surface area (Å²) in [6.07, 6.45) is 2.60. The molecular weight excluding hydrogens is 390 g/mol. The minimum absolute atomic E-state index is 0.139. The number of sulfonamides is 1. The van der Waals surface area contributed by atoms with E-state index in [9.17, 15) is 13.2 Å². The molecule has 8 nitrogen and oxygen atoms in total.